The standard InChI is InChI=1S/C23H21IN4O3S/c24-14-28-10-9-27(22(30)23(28)31)13-15-3-5-16(6-4-15)21(29)26-19-12-17(7-8-18(19)25)20-2-1-11-32-20/h1-8,11-12H,9-10,13-14,25H2,(H,26,29). The molecule has 1 aliphatic rings. The van der Waals surface area contributed by atoms with Gasteiger partial charge in [-0.1, -0.05) is 46.9 Å². The van der Waals surface area contributed by atoms with Crippen molar-refractivity contribution in [3.8, 4) is 10.4 Å². The van der Waals surface area contributed by atoms with Crippen molar-refractivity contribution in [1.82, 2.24) is 9.80 Å². The van der Waals surface area contributed by atoms with Crippen LogP contribution in [0.15, 0.2) is 60.0 Å². The largest absolute Gasteiger partial charge is 0.397 e. The Bertz CT molecular complexity index is 1150. The highest BCUT2D eigenvalue weighted by Crippen LogP contribution is 2.30. The molecular weight excluding hydrogens is 539 g/mol. The van der Waals surface area contributed by atoms with E-state index in [0.717, 1.165) is 16.0 Å². The molecule has 0 atom stereocenters. The Hall–Kier alpha value is -2.92. The molecule has 4 rings (SSSR count). The third-order valence-electron chi connectivity index (χ3n) is 5.24. The van der Waals surface area contributed by atoms with Crippen molar-refractivity contribution in [2.45, 2.75) is 6.54 Å². The van der Waals surface area contributed by atoms with Crippen molar-refractivity contribution in [3.05, 3.63) is 71.1 Å². The van der Waals surface area contributed by atoms with Crippen LogP contribution in [0.1, 0.15) is 15.9 Å². The van der Waals surface area contributed by atoms with Crippen molar-refractivity contribution >= 4 is 63.0 Å². The summed E-state index contributed by atoms with van der Waals surface area (Å²) < 4.78 is 0.501. The van der Waals surface area contributed by atoms with E-state index in [1.165, 1.54) is 9.80 Å². The first kappa shape index (κ1) is 22.3. The summed E-state index contributed by atoms with van der Waals surface area (Å²) in [5, 5.41) is 4.88. The Kier molecular flexibility index (Phi) is 6.75. The second-order valence-electron chi connectivity index (χ2n) is 7.35. The van der Waals surface area contributed by atoms with Crippen LogP contribution >= 0.6 is 33.9 Å². The second-order valence-corrected chi connectivity index (χ2v) is 8.98. The van der Waals surface area contributed by atoms with Gasteiger partial charge in [-0.2, -0.15) is 0 Å². The average molecular weight is 560 g/mol. The zero-order valence-corrected chi connectivity index (χ0v) is 20.1. The number of halogens is 1. The molecule has 0 radical (unpaired) electrons. The molecule has 3 amide bonds. The number of alkyl halides is 1. The lowest BCUT2D eigenvalue weighted by molar-refractivity contribution is -0.155. The van der Waals surface area contributed by atoms with Crippen LogP contribution in [0.5, 0.6) is 0 Å². The smallest absolute Gasteiger partial charge is 0.312 e. The van der Waals surface area contributed by atoms with Gasteiger partial charge in [-0.05, 0) is 46.8 Å². The fourth-order valence-electron chi connectivity index (χ4n) is 3.42. The molecular formula is C23H21IN4O3S. The Labute approximate surface area is 203 Å². The van der Waals surface area contributed by atoms with E-state index >= 15 is 0 Å². The van der Waals surface area contributed by atoms with Crippen molar-refractivity contribution < 1.29 is 14.4 Å². The number of hydrogen-bond acceptors (Lipinski definition) is 5. The lowest BCUT2D eigenvalue weighted by Crippen LogP contribution is -2.53. The van der Waals surface area contributed by atoms with Gasteiger partial charge in [-0.15, -0.1) is 11.3 Å². The first-order chi connectivity index (χ1) is 15.5. The maximum atomic E-state index is 12.8. The van der Waals surface area contributed by atoms with Gasteiger partial charge in [0.15, 0.2) is 0 Å². The fraction of sp³-hybridized carbons (Fsp3) is 0.174. The van der Waals surface area contributed by atoms with Gasteiger partial charge >= 0.3 is 11.8 Å². The molecule has 0 saturated carbocycles. The summed E-state index contributed by atoms with van der Waals surface area (Å²) in [6, 6.07) is 16.6. The number of benzene rings is 2. The zero-order chi connectivity index (χ0) is 22.7. The predicted octanol–water partition coefficient (Wildman–Crippen LogP) is 3.81. The third kappa shape index (κ3) is 4.78. The minimum Gasteiger partial charge on any atom is -0.397 e. The van der Waals surface area contributed by atoms with E-state index in [9.17, 15) is 14.4 Å². The molecule has 32 heavy (non-hydrogen) atoms. The number of nitrogens with one attached hydrogen (secondary N) is 1. The number of piperazine rings is 1. The van der Waals surface area contributed by atoms with Gasteiger partial charge in [0.2, 0.25) is 0 Å². The number of carbonyl (C=O) groups excluding carboxylic acids is 3. The molecule has 164 valence electrons. The number of rotatable bonds is 6. The van der Waals surface area contributed by atoms with Crippen molar-refractivity contribution in [2.75, 3.05) is 28.7 Å². The van der Waals surface area contributed by atoms with Crippen LogP contribution in [0.4, 0.5) is 11.4 Å². The van der Waals surface area contributed by atoms with Gasteiger partial charge in [-0.25, -0.2) is 0 Å². The molecule has 2 heterocycles. The Morgan fingerprint density at radius 1 is 1.03 bits per heavy atom. The van der Waals surface area contributed by atoms with Gasteiger partial charge in [0, 0.05) is 30.1 Å². The van der Waals surface area contributed by atoms with Gasteiger partial charge in [0.05, 0.1) is 15.9 Å². The summed E-state index contributed by atoms with van der Waals surface area (Å²) in [7, 11) is 0. The molecule has 3 aromatic rings. The molecule has 0 unspecified atom stereocenters. The molecule has 1 aromatic heterocycles. The molecule has 2 aromatic carbocycles. The Balaban J connectivity index is 1.42. The van der Waals surface area contributed by atoms with E-state index in [1.54, 1.807) is 41.7 Å². The molecule has 0 spiro atoms. The number of thiophene rings is 1. The SMILES string of the molecule is Nc1ccc(-c2cccs2)cc1NC(=O)c1ccc(CN2CCN(CI)C(=O)C2=O)cc1. The Morgan fingerprint density at radius 3 is 2.44 bits per heavy atom. The normalized spacial score (nSPS) is 14.0. The number of nitrogens with zero attached hydrogens (tertiary/aromatic N) is 2. The monoisotopic (exact) mass is 560 g/mol. The first-order valence-electron chi connectivity index (χ1n) is 9.94. The zero-order valence-electron chi connectivity index (χ0n) is 17.1. The number of amides is 3. The van der Waals surface area contributed by atoms with E-state index in [0.29, 0.717) is 41.1 Å². The minimum absolute atomic E-state index is 0.270. The third-order valence-corrected chi connectivity index (χ3v) is 6.98. The fourth-order valence-corrected chi connectivity index (χ4v) is 4.79. The van der Waals surface area contributed by atoms with E-state index in [-0.39, 0.29) is 5.91 Å². The van der Waals surface area contributed by atoms with Crippen LogP contribution in [0.3, 0.4) is 0 Å². The van der Waals surface area contributed by atoms with Crippen LogP contribution in [-0.4, -0.2) is 45.2 Å². The van der Waals surface area contributed by atoms with Gasteiger partial charge in [0.25, 0.3) is 5.91 Å². The summed E-state index contributed by atoms with van der Waals surface area (Å²) in [5.74, 6) is -1.23. The van der Waals surface area contributed by atoms with E-state index < -0.39 is 11.8 Å². The molecule has 9 heteroatoms. The summed E-state index contributed by atoms with van der Waals surface area (Å²) in [5.41, 5.74) is 9.43. The number of nitrogen functional groups attached to an aromatic ring is 1. The molecule has 7 nitrogen and oxygen atoms in total. The highest BCUT2D eigenvalue weighted by atomic mass is 127. The molecule has 1 saturated heterocycles. The molecule has 1 aliphatic heterocycles. The summed E-state index contributed by atoms with van der Waals surface area (Å²) >= 11 is 3.69. The number of anilines is 2. The minimum atomic E-state index is -0.490. The lowest BCUT2D eigenvalue weighted by Gasteiger charge is -2.32. The van der Waals surface area contributed by atoms with Crippen molar-refractivity contribution in [2.24, 2.45) is 0 Å². The first-order valence-corrected chi connectivity index (χ1v) is 12.3. The molecule has 1 fully saturated rings. The molecule has 3 N–H and O–H groups in total. The quantitative estimate of drug-likeness (QED) is 0.158. The molecule has 0 aliphatic carbocycles. The molecule has 0 bridgehead atoms. The maximum absolute atomic E-state index is 12.8. The predicted molar refractivity (Wildman–Crippen MR) is 135 cm³/mol. The highest BCUT2D eigenvalue weighted by molar-refractivity contribution is 14.1. The maximum Gasteiger partial charge on any atom is 0.312 e. The number of hydrogen-bond donors (Lipinski definition) is 2. The van der Waals surface area contributed by atoms with Crippen LogP contribution in [0.25, 0.3) is 10.4 Å². The van der Waals surface area contributed by atoms with E-state index in [4.69, 9.17) is 5.73 Å². The van der Waals surface area contributed by atoms with Gasteiger partial charge in [-0.3, -0.25) is 14.4 Å². The van der Waals surface area contributed by atoms with E-state index in [2.05, 4.69) is 27.9 Å². The topological polar surface area (TPSA) is 95.7 Å². The van der Waals surface area contributed by atoms with Gasteiger partial charge in [0.1, 0.15) is 0 Å². The van der Waals surface area contributed by atoms with Crippen LogP contribution in [0.2, 0.25) is 0 Å². The van der Waals surface area contributed by atoms with Gasteiger partial charge < -0.3 is 20.9 Å². The Morgan fingerprint density at radius 2 is 1.75 bits per heavy atom. The van der Waals surface area contributed by atoms with E-state index in [1.807, 2.05) is 29.6 Å². The van der Waals surface area contributed by atoms with Crippen LogP contribution < -0.4 is 11.1 Å². The average Bonchev–Trinajstić information content (AvgIpc) is 3.34. The lowest BCUT2D eigenvalue weighted by atomic mass is 10.1. The summed E-state index contributed by atoms with van der Waals surface area (Å²) in [4.78, 5) is 41.3. The summed E-state index contributed by atoms with van der Waals surface area (Å²) in [6.07, 6.45) is 0. The summed E-state index contributed by atoms with van der Waals surface area (Å²) in [6.45, 7) is 1.35. The number of carbonyl (C=O) groups is 3. The van der Waals surface area contributed by atoms with Crippen LogP contribution in [-0.2, 0) is 16.1 Å². The highest BCUT2D eigenvalue weighted by Gasteiger charge is 2.31. The van der Waals surface area contributed by atoms with Crippen molar-refractivity contribution in [3.63, 3.8) is 0 Å². The second kappa shape index (κ2) is 9.70. The van der Waals surface area contributed by atoms with Crippen molar-refractivity contribution in [1.29, 1.82) is 0 Å². The van der Waals surface area contributed by atoms with Crippen LogP contribution in [0, 0.1) is 0 Å². The number of nitrogens with two attached hydrogens (primary N) is 1.